The summed E-state index contributed by atoms with van der Waals surface area (Å²) in [5.41, 5.74) is 4.66. The first-order valence-electron chi connectivity index (χ1n) is 12.5. The molecule has 0 spiro atoms. The molecule has 1 heterocycles. The maximum atomic E-state index is 13.1. The number of nitrogens with zero attached hydrogens (tertiary/aromatic N) is 1. The van der Waals surface area contributed by atoms with Gasteiger partial charge in [0.05, 0.1) is 0 Å². The number of alkyl carbamates (subject to hydrolysis) is 1. The van der Waals surface area contributed by atoms with Crippen LogP contribution in [0, 0.1) is 11.3 Å². The second-order valence-electron chi connectivity index (χ2n) is 10.4. The Bertz CT molecular complexity index is 1510. The van der Waals surface area contributed by atoms with Gasteiger partial charge < -0.3 is 14.8 Å². The number of thiophene rings is 1. The summed E-state index contributed by atoms with van der Waals surface area (Å²) < 4.78 is 12.2. The number of benzene rings is 3. The largest absolute Gasteiger partial charge is 0.458 e. The Morgan fingerprint density at radius 3 is 2.29 bits per heavy atom. The number of hydrogen-bond acceptors (Lipinski definition) is 6. The molecule has 0 fully saturated rings. The van der Waals surface area contributed by atoms with Gasteiger partial charge >= 0.3 is 12.1 Å². The molecule has 5 rings (SSSR count). The quantitative estimate of drug-likeness (QED) is 0.288. The van der Waals surface area contributed by atoms with Gasteiger partial charge in [0, 0.05) is 17.0 Å². The molecule has 1 N–H and O–H groups in total. The van der Waals surface area contributed by atoms with Gasteiger partial charge in [0.15, 0.2) is 0 Å². The van der Waals surface area contributed by atoms with Crippen molar-refractivity contribution in [2.75, 3.05) is 6.61 Å². The molecule has 192 valence electrons. The van der Waals surface area contributed by atoms with E-state index < -0.39 is 23.7 Å². The van der Waals surface area contributed by atoms with Crippen LogP contribution in [0.15, 0.2) is 72.8 Å². The molecule has 0 unspecified atom stereocenters. The number of nitriles is 1. The van der Waals surface area contributed by atoms with Crippen LogP contribution in [0.4, 0.5) is 4.79 Å². The monoisotopic (exact) mass is 524 g/mol. The molecule has 3 aromatic carbocycles. The molecule has 1 aliphatic carbocycles. The third kappa shape index (κ3) is 5.41. The minimum absolute atomic E-state index is 0.0799. The van der Waals surface area contributed by atoms with E-state index in [-0.39, 0.29) is 18.9 Å². The smallest absolute Gasteiger partial charge is 0.407 e. The van der Waals surface area contributed by atoms with E-state index in [1.54, 1.807) is 20.8 Å². The molecule has 38 heavy (non-hydrogen) atoms. The Hall–Kier alpha value is -4.15. The van der Waals surface area contributed by atoms with Crippen molar-refractivity contribution in [1.82, 2.24) is 5.32 Å². The van der Waals surface area contributed by atoms with Crippen LogP contribution >= 0.6 is 11.3 Å². The van der Waals surface area contributed by atoms with Crippen LogP contribution in [0.5, 0.6) is 0 Å². The topological polar surface area (TPSA) is 88.4 Å². The maximum Gasteiger partial charge on any atom is 0.407 e. The highest BCUT2D eigenvalue weighted by molar-refractivity contribution is 7.19. The molecule has 1 atom stereocenters. The van der Waals surface area contributed by atoms with Gasteiger partial charge in [-0.1, -0.05) is 60.7 Å². The standard InChI is InChI=1S/C31H28N2O4S/c1-31(2,3)37-29(34)27(14-19-12-13-20-16-21(17-32)38-28(20)15-19)33-30(35)36-18-26-24-10-6-4-8-22(24)23-9-5-7-11-25(23)26/h4-13,15-16,26-27H,14,18H2,1-3H3,(H,33,35)/t27-/m0/s1. The minimum Gasteiger partial charge on any atom is -0.458 e. The zero-order chi connectivity index (χ0) is 26.9. The van der Waals surface area contributed by atoms with Crippen LogP contribution in [0.2, 0.25) is 0 Å². The van der Waals surface area contributed by atoms with E-state index in [2.05, 4.69) is 35.7 Å². The van der Waals surface area contributed by atoms with Crippen molar-refractivity contribution in [2.24, 2.45) is 0 Å². The Balaban J connectivity index is 1.32. The molecule has 0 aliphatic heterocycles. The lowest BCUT2D eigenvalue weighted by atomic mass is 9.98. The van der Waals surface area contributed by atoms with Crippen LogP contribution in [-0.4, -0.2) is 30.3 Å². The lowest BCUT2D eigenvalue weighted by molar-refractivity contribution is -0.157. The number of esters is 1. The summed E-state index contributed by atoms with van der Waals surface area (Å²) in [6.07, 6.45) is -0.443. The fourth-order valence-electron chi connectivity index (χ4n) is 4.84. The number of carbonyl (C=O) groups excluding carboxylic acids is 2. The number of amides is 1. The lowest BCUT2D eigenvalue weighted by Crippen LogP contribution is -2.46. The van der Waals surface area contributed by atoms with E-state index >= 15 is 0 Å². The summed E-state index contributed by atoms with van der Waals surface area (Å²) in [5, 5.41) is 12.9. The summed E-state index contributed by atoms with van der Waals surface area (Å²) in [4.78, 5) is 26.7. The Kier molecular flexibility index (Phi) is 6.92. The van der Waals surface area contributed by atoms with Crippen molar-refractivity contribution in [2.45, 2.75) is 44.8 Å². The first-order chi connectivity index (χ1) is 18.2. The van der Waals surface area contributed by atoms with Crippen molar-refractivity contribution >= 4 is 33.5 Å². The van der Waals surface area contributed by atoms with E-state index in [9.17, 15) is 14.9 Å². The zero-order valence-electron chi connectivity index (χ0n) is 21.5. The minimum atomic E-state index is -0.933. The van der Waals surface area contributed by atoms with Gasteiger partial charge in [-0.15, -0.1) is 11.3 Å². The van der Waals surface area contributed by atoms with Gasteiger partial charge in [0.1, 0.15) is 29.2 Å². The summed E-state index contributed by atoms with van der Waals surface area (Å²) in [5.74, 6) is -0.612. The second-order valence-corrected chi connectivity index (χ2v) is 11.4. The van der Waals surface area contributed by atoms with Crippen LogP contribution in [-0.2, 0) is 20.7 Å². The molecule has 0 saturated carbocycles. The van der Waals surface area contributed by atoms with Crippen LogP contribution < -0.4 is 5.32 Å². The van der Waals surface area contributed by atoms with Gasteiger partial charge in [-0.25, -0.2) is 9.59 Å². The average Bonchev–Trinajstić information content (AvgIpc) is 3.44. The van der Waals surface area contributed by atoms with Gasteiger partial charge in [-0.2, -0.15) is 5.26 Å². The Morgan fingerprint density at radius 2 is 1.66 bits per heavy atom. The average molecular weight is 525 g/mol. The van der Waals surface area contributed by atoms with Crippen LogP contribution in [0.1, 0.15) is 48.3 Å². The van der Waals surface area contributed by atoms with Crippen molar-refractivity contribution in [1.29, 1.82) is 5.26 Å². The highest BCUT2D eigenvalue weighted by atomic mass is 32.1. The Labute approximate surface area is 225 Å². The summed E-state index contributed by atoms with van der Waals surface area (Å²) in [6, 6.07) is 25.1. The van der Waals surface area contributed by atoms with E-state index in [1.807, 2.05) is 48.5 Å². The Morgan fingerprint density at radius 1 is 1.00 bits per heavy atom. The lowest BCUT2D eigenvalue weighted by Gasteiger charge is -2.25. The van der Waals surface area contributed by atoms with E-state index in [4.69, 9.17) is 9.47 Å². The molecule has 0 radical (unpaired) electrons. The predicted molar refractivity (Wildman–Crippen MR) is 148 cm³/mol. The highest BCUT2D eigenvalue weighted by Crippen LogP contribution is 2.44. The van der Waals surface area contributed by atoms with Gasteiger partial charge in [-0.05, 0) is 66.1 Å². The molecule has 1 aliphatic rings. The molecule has 0 bridgehead atoms. The SMILES string of the molecule is CC(C)(C)OC(=O)[C@H](Cc1ccc2cc(C#N)sc2c1)NC(=O)OCC1c2ccccc2-c2ccccc21. The second kappa shape index (κ2) is 10.3. The fraction of sp³-hybridized carbons (Fsp3) is 0.258. The third-order valence-corrected chi connectivity index (χ3v) is 7.46. The summed E-state index contributed by atoms with van der Waals surface area (Å²) >= 11 is 1.39. The molecule has 1 aromatic heterocycles. The summed E-state index contributed by atoms with van der Waals surface area (Å²) in [7, 11) is 0. The number of nitrogens with one attached hydrogen (secondary N) is 1. The van der Waals surface area contributed by atoms with Gasteiger partial charge in [-0.3, -0.25) is 0 Å². The van der Waals surface area contributed by atoms with E-state index in [1.165, 1.54) is 11.3 Å². The van der Waals surface area contributed by atoms with Crippen molar-refractivity contribution in [3.05, 3.63) is 94.4 Å². The number of fused-ring (bicyclic) bond motifs is 4. The third-order valence-electron chi connectivity index (χ3n) is 6.46. The van der Waals surface area contributed by atoms with Gasteiger partial charge in [0.25, 0.3) is 0 Å². The predicted octanol–water partition coefficient (Wildman–Crippen LogP) is 6.56. The highest BCUT2D eigenvalue weighted by Gasteiger charge is 2.31. The van der Waals surface area contributed by atoms with Crippen molar-refractivity contribution in [3.8, 4) is 17.2 Å². The first-order valence-corrected chi connectivity index (χ1v) is 13.3. The molecule has 0 saturated heterocycles. The van der Waals surface area contributed by atoms with E-state index in [0.717, 1.165) is 37.9 Å². The number of ether oxygens (including phenoxy) is 2. The van der Waals surface area contributed by atoms with Crippen LogP contribution in [0.3, 0.4) is 0 Å². The molecular formula is C31H28N2O4S. The molecule has 7 heteroatoms. The molecule has 1 amide bonds. The first kappa shape index (κ1) is 25.5. The normalized spacial score (nSPS) is 13.3. The molecule has 4 aromatic rings. The van der Waals surface area contributed by atoms with E-state index in [0.29, 0.717) is 4.88 Å². The molecule has 6 nitrogen and oxygen atoms in total. The van der Waals surface area contributed by atoms with Crippen molar-refractivity contribution < 1.29 is 19.1 Å². The number of hydrogen-bond donors (Lipinski definition) is 1. The summed E-state index contributed by atoms with van der Waals surface area (Å²) in [6.45, 7) is 5.52. The van der Waals surface area contributed by atoms with Gasteiger partial charge in [0.2, 0.25) is 0 Å². The zero-order valence-corrected chi connectivity index (χ0v) is 22.3. The number of rotatable bonds is 6. The fourth-order valence-corrected chi connectivity index (χ4v) is 5.77. The number of carbonyl (C=O) groups is 2. The maximum absolute atomic E-state index is 13.1. The molecular weight excluding hydrogens is 496 g/mol. The van der Waals surface area contributed by atoms with Crippen molar-refractivity contribution in [3.63, 3.8) is 0 Å². The van der Waals surface area contributed by atoms with Crippen LogP contribution in [0.25, 0.3) is 21.2 Å².